The number of nitrogens with zero attached hydrogens (tertiary/aromatic N) is 3. The second-order valence-electron chi connectivity index (χ2n) is 0.927. The minimum absolute atomic E-state index is 0. The Kier molecular flexibility index (Phi) is 13.2. The van der Waals surface area contributed by atoms with E-state index < -0.39 is 0 Å². The zero-order valence-corrected chi connectivity index (χ0v) is 15.3. The third-order valence-corrected chi connectivity index (χ3v) is 0.430. The molecule has 1 aromatic rings. The number of nitrogen functional groups attached to an aromatic ring is 1. The van der Waals surface area contributed by atoms with E-state index in [0.717, 1.165) is 0 Å². The van der Waals surface area contributed by atoms with Crippen LogP contribution in [0.25, 0.3) is 0 Å². The second-order valence-corrected chi connectivity index (χ2v) is 0.927. The minimum atomic E-state index is 0. The van der Waals surface area contributed by atoms with Gasteiger partial charge >= 0.3 is 116 Å². The molecule has 0 spiro atoms. The Balaban J connectivity index is 0. The molecule has 0 aromatic carbocycles. The normalized spacial score (nSPS) is 6.67. The van der Waals surface area contributed by atoms with Crippen LogP contribution in [0.15, 0.2) is 0 Å². The molecule has 1 heterocycles. The monoisotopic (exact) mass is 264 g/mol. The van der Waals surface area contributed by atoms with Gasteiger partial charge in [-0.25, -0.2) is 0 Å². The van der Waals surface area contributed by atoms with Crippen LogP contribution >= 0.6 is 0 Å². The van der Waals surface area contributed by atoms with E-state index in [1.807, 2.05) is 0 Å². The van der Waals surface area contributed by atoms with Gasteiger partial charge < -0.3 is 28.3 Å². The molecule has 9 heavy (non-hydrogen) atoms. The molecule has 0 fully saturated rings. The molecule has 4 nitrogen and oxygen atoms in total. The van der Waals surface area contributed by atoms with Crippen LogP contribution in [0.2, 0.25) is 0 Å². The van der Waals surface area contributed by atoms with Crippen molar-refractivity contribution in [3.05, 3.63) is 12.4 Å². The van der Waals surface area contributed by atoms with Gasteiger partial charge in [0.2, 0.25) is 0 Å². The third kappa shape index (κ3) is 6.80. The number of aromatic nitrogens is 3. The van der Waals surface area contributed by atoms with Crippen LogP contribution in [-0.4, -0.2) is 15.4 Å². The van der Waals surface area contributed by atoms with Crippen LogP contribution in [-0.2, 0) is 0 Å². The molecule has 0 aliphatic heterocycles. The van der Waals surface area contributed by atoms with E-state index >= 15 is 0 Å². The molecular weight excluding hydrogens is 263 g/mol. The van der Waals surface area contributed by atoms with Crippen LogP contribution in [0.1, 0.15) is 0 Å². The van der Waals surface area contributed by atoms with Crippen molar-refractivity contribution in [2.24, 2.45) is 0 Å². The van der Waals surface area contributed by atoms with Crippen molar-refractivity contribution in [1.29, 1.82) is 0 Å². The largest absolute Gasteiger partial charge is 1.00 e. The number of rotatable bonds is 0. The summed E-state index contributed by atoms with van der Waals surface area (Å²) in [5.41, 5.74) is 5.37. The van der Waals surface area contributed by atoms with Gasteiger partial charge in [0.05, 0.1) is 0 Å². The van der Waals surface area contributed by atoms with E-state index in [0.29, 0.717) is 0 Å². The van der Waals surface area contributed by atoms with Crippen molar-refractivity contribution in [1.82, 2.24) is 15.4 Å². The summed E-state index contributed by atoms with van der Waals surface area (Å²) in [7, 11) is 0. The molecule has 0 atom stereocenters. The van der Waals surface area contributed by atoms with Crippen LogP contribution in [0.3, 0.4) is 0 Å². The van der Waals surface area contributed by atoms with Crippen molar-refractivity contribution < 1.29 is 116 Å². The second kappa shape index (κ2) is 8.52. The van der Waals surface area contributed by atoms with Gasteiger partial charge in [-0.2, -0.15) is 0 Å². The molecule has 0 aliphatic rings. The van der Waals surface area contributed by atoms with Crippen molar-refractivity contribution >= 4 is 5.69 Å². The van der Waals surface area contributed by atoms with Crippen molar-refractivity contribution in [3.63, 3.8) is 0 Å². The van der Waals surface area contributed by atoms with Gasteiger partial charge in [0.25, 0.3) is 0 Å². The van der Waals surface area contributed by atoms with Gasteiger partial charge in [0, 0.05) is 0 Å². The number of hydrogen-bond donors (Lipinski definition) is 1. The van der Waals surface area contributed by atoms with Crippen molar-refractivity contribution in [2.45, 2.75) is 0 Å². The maximum atomic E-state index is 5.08. The fraction of sp³-hybridized carbons (Fsp3) is 0. The third-order valence-electron chi connectivity index (χ3n) is 0.430. The Morgan fingerprint density at radius 1 is 1.11 bits per heavy atom. The van der Waals surface area contributed by atoms with Gasteiger partial charge in [0.15, 0.2) is 0 Å². The summed E-state index contributed by atoms with van der Waals surface area (Å²) < 4.78 is 0. The van der Waals surface area contributed by atoms with E-state index in [9.17, 15) is 0 Å². The van der Waals surface area contributed by atoms with E-state index in [1.165, 1.54) is 0 Å². The van der Waals surface area contributed by atoms with E-state index in [4.69, 9.17) is 5.73 Å². The van der Waals surface area contributed by atoms with Crippen LogP contribution in [0.4, 0.5) is 5.69 Å². The molecule has 0 aliphatic carbocycles. The molecule has 1 aromatic heterocycles. The summed E-state index contributed by atoms with van der Waals surface area (Å²) >= 11 is 0. The van der Waals surface area contributed by atoms with Gasteiger partial charge in [0.1, 0.15) is 0 Å². The van der Waals surface area contributed by atoms with E-state index in [1.54, 1.807) is 0 Å². The molecule has 36 valence electrons. The van der Waals surface area contributed by atoms with Gasteiger partial charge in [-0.3, -0.25) is 5.69 Å². The zero-order chi connectivity index (χ0) is 5.11. The Morgan fingerprint density at radius 2 is 1.56 bits per heavy atom. The SMILES string of the molecule is Nc1[c-]nnn[c-]1.[Rb+].[Rb+]. The zero-order valence-electron chi connectivity index (χ0n) is 5.42. The summed E-state index contributed by atoms with van der Waals surface area (Å²) in [5, 5.41) is 9.64. The molecule has 0 unspecified atom stereocenters. The Morgan fingerprint density at radius 3 is 1.78 bits per heavy atom. The molecule has 6 heteroatoms. The predicted molar refractivity (Wildman–Crippen MR) is 21.9 cm³/mol. The number of nitrogens with two attached hydrogens (primary N) is 1. The van der Waals surface area contributed by atoms with Crippen molar-refractivity contribution in [3.8, 4) is 0 Å². The van der Waals surface area contributed by atoms with Crippen LogP contribution in [0, 0.1) is 12.4 Å². The average Bonchev–Trinajstić information content (AvgIpc) is 1.69. The standard InChI is InChI=1S/C3H2N4.2Rb/c4-3-1-5-7-6-2-3;;/h(H2,4,7);;/q-2;2*+1. The smallest absolute Gasteiger partial charge is 0.461 e. The average molecular weight is 265 g/mol. The molecule has 0 saturated carbocycles. The molecule has 2 N–H and O–H groups in total. The number of hydrogen-bond acceptors (Lipinski definition) is 4. The Labute approximate surface area is 151 Å². The summed E-state index contributed by atoms with van der Waals surface area (Å²) in [6, 6.07) is 0. The van der Waals surface area contributed by atoms with E-state index in [2.05, 4.69) is 27.8 Å². The Hall–Kier alpha value is 2.42. The molecule has 0 radical (unpaired) electrons. The first-order valence-electron chi connectivity index (χ1n) is 1.64. The molecular formula is C3H2N4Rb2. The van der Waals surface area contributed by atoms with Crippen LogP contribution < -0.4 is 122 Å². The maximum Gasteiger partial charge on any atom is 1.00 e. The van der Waals surface area contributed by atoms with Crippen molar-refractivity contribution in [2.75, 3.05) is 5.73 Å². The maximum absolute atomic E-state index is 5.08. The van der Waals surface area contributed by atoms with Gasteiger partial charge in [-0.05, 0) is 0 Å². The topological polar surface area (TPSA) is 64.7 Å². The number of anilines is 1. The first-order valence-corrected chi connectivity index (χ1v) is 1.64. The van der Waals surface area contributed by atoms with E-state index in [-0.39, 0.29) is 122 Å². The fourth-order valence-electron chi connectivity index (χ4n) is 0.200. The molecule has 0 saturated heterocycles. The Bertz CT molecular complexity index is 144. The summed E-state index contributed by atoms with van der Waals surface area (Å²) in [6.07, 6.45) is 4.66. The predicted octanol–water partition coefficient (Wildman–Crippen LogP) is -6.94. The first kappa shape index (κ1) is 14.0. The summed E-state index contributed by atoms with van der Waals surface area (Å²) in [4.78, 5) is 0. The van der Waals surface area contributed by atoms with Crippen LogP contribution in [0.5, 0.6) is 0 Å². The van der Waals surface area contributed by atoms with Gasteiger partial charge in [-0.1, -0.05) is 0 Å². The quantitative estimate of drug-likeness (QED) is 0.473. The summed E-state index contributed by atoms with van der Waals surface area (Å²) in [5.74, 6) is 0. The summed E-state index contributed by atoms with van der Waals surface area (Å²) in [6.45, 7) is 0. The molecule has 0 bridgehead atoms. The molecule has 1 rings (SSSR count). The fourth-order valence-corrected chi connectivity index (χ4v) is 0.200. The first-order chi connectivity index (χ1) is 3.39. The molecule has 0 amide bonds. The van der Waals surface area contributed by atoms with Gasteiger partial charge in [-0.15, -0.1) is 5.21 Å². The minimum Gasteiger partial charge on any atom is -0.461 e.